The molecule has 0 bridgehead atoms. The molecule has 0 saturated carbocycles. The third-order valence-corrected chi connectivity index (χ3v) is 5.08. The molecule has 4 aromatic rings. The Morgan fingerprint density at radius 1 is 0.793 bits per heavy atom. The van der Waals surface area contributed by atoms with Crippen molar-refractivity contribution in [3.05, 3.63) is 107 Å². The topological polar surface area (TPSA) is 35.5 Å². The van der Waals surface area contributed by atoms with E-state index in [4.69, 9.17) is 9.47 Å². The molecule has 0 aliphatic carbocycles. The number of carbonyl (C=O) groups excluding carboxylic acids is 1. The van der Waals surface area contributed by atoms with Gasteiger partial charge in [0.05, 0.1) is 6.61 Å². The third kappa shape index (κ3) is 4.84. The molecular weight excluding hydrogens is 428 g/mol. The van der Waals surface area contributed by atoms with Crippen LogP contribution >= 0.6 is 15.9 Å². The average Bonchev–Trinajstić information content (AvgIpc) is 2.75. The number of benzene rings is 4. The van der Waals surface area contributed by atoms with E-state index in [1.807, 2.05) is 60.7 Å². The molecule has 0 aliphatic rings. The van der Waals surface area contributed by atoms with Crippen LogP contribution in [0.15, 0.2) is 95.5 Å². The van der Waals surface area contributed by atoms with Crippen LogP contribution in [-0.2, 0) is 6.42 Å². The van der Waals surface area contributed by atoms with Crippen LogP contribution in [0.3, 0.4) is 0 Å². The molecule has 0 N–H and O–H groups in total. The van der Waals surface area contributed by atoms with Gasteiger partial charge in [-0.25, -0.2) is 4.79 Å². The Kier molecular flexibility index (Phi) is 5.92. The van der Waals surface area contributed by atoms with Crippen LogP contribution in [0.1, 0.15) is 15.9 Å². The first-order valence-electron chi connectivity index (χ1n) is 9.36. The monoisotopic (exact) mass is 446 g/mol. The summed E-state index contributed by atoms with van der Waals surface area (Å²) < 4.78 is 12.3. The summed E-state index contributed by atoms with van der Waals surface area (Å²) in [4.78, 5) is 12.8. The largest absolute Gasteiger partial charge is 0.492 e. The highest BCUT2D eigenvalue weighted by atomic mass is 79.9. The minimum atomic E-state index is -0.448. The highest BCUT2D eigenvalue weighted by Gasteiger charge is 2.16. The van der Waals surface area contributed by atoms with Crippen molar-refractivity contribution in [2.75, 3.05) is 6.61 Å². The van der Waals surface area contributed by atoms with Crippen molar-refractivity contribution in [2.45, 2.75) is 6.42 Å². The van der Waals surface area contributed by atoms with Gasteiger partial charge in [-0.15, -0.1) is 0 Å². The summed E-state index contributed by atoms with van der Waals surface area (Å²) in [5, 5.41) is 2.12. The molecule has 0 heterocycles. The molecule has 0 fully saturated rings. The van der Waals surface area contributed by atoms with Gasteiger partial charge in [0.2, 0.25) is 0 Å². The lowest BCUT2D eigenvalue weighted by molar-refractivity contribution is 0.0730. The highest BCUT2D eigenvalue weighted by molar-refractivity contribution is 9.10. The van der Waals surface area contributed by atoms with Crippen LogP contribution in [0.4, 0.5) is 0 Å². The first-order chi connectivity index (χ1) is 14.2. The van der Waals surface area contributed by atoms with Gasteiger partial charge in [0.1, 0.15) is 17.1 Å². The summed E-state index contributed by atoms with van der Waals surface area (Å²) in [6.45, 7) is 0.474. The maximum Gasteiger partial charge on any atom is 0.347 e. The summed E-state index contributed by atoms with van der Waals surface area (Å²) >= 11 is 3.42. The minimum Gasteiger partial charge on any atom is -0.492 e. The predicted molar refractivity (Wildman–Crippen MR) is 119 cm³/mol. The van der Waals surface area contributed by atoms with Crippen molar-refractivity contribution in [1.82, 2.24) is 0 Å². The standard InChI is InChI=1S/C25H19BrO3/c26-21-11-13-24(28-15-14-18-6-2-1-3-7-18)23(17-21)25(27)29-22-12-10-19-8-4-5-9-20(19)16-22/h1-13,16-17H,14-15H2. The molecule has 144 valence electrons. The van der Waals surface area contributed by atoms with Gasteiger partial charge in [0, 0.05) is 10.9 Å². The van der Waals surface area contributed by atoms with E-state index in [0.717, 1.165) is 21.7 Å². The Labute approximate surface area is 178 Å². The predicted octanol–water partition coefficient (Wildman–Crippen LogP) is 6.44. The van der Waals surface area contributed by atoms with Gasteiger partial charge < -0.3 is 9.47 Å². The smallest absolute Gasteiger partial charge is 0.347 e. The normalized spacial score (nSPS) is 10.7. The second-order valence-electron chi connectivity index (χ2n) is 6.62. The zero-order valence-corrected chi connectivity index (χ0v) is 17.3. The molecular formula is C25H19BrO3. The lowest BCUT2D eigenvalue weighted by Gasteiger charge is -2.12. The Hall–Kier alpha value is -3.11. The zero-order chi connectivity index (χ0) is 20.1. The summed E-state index contributed by atoms with van der Waals surface area (Å²) in [6, 6.07) is 29.0. The van der Waals surface area contributed by atoms with Crippen molar-refractivity contribution >= 4 is 32.7 Å². The summed E-state index contributed by atoms with van der Waals surface area (Å²) in [5.74, 6) is 0.565. The lowest BCUT2D eigenvalue weighted by atomic mass is 10.1. The van der Waals surface area contributed by atoms with Crippen molar-refractivity contribution in [1.29, 1.82) is 0 Å². The van der Waals surface area contributed by atoms with E-state index in [0.29, 0.717) is 23.7 Å². The van der Waals surface area contributed by atoms with E-state index < -0.39 is 5.97 Å². The second-order valence-corrected chi connectivity index (χ2v) is 7.54. The van der Waals surface area contributed by atoms with Gasteiger partial charge in [-0.1, -0.05) is 76.6 Å². The Balaban J connectivity index is 1.50. The fourth-order valence-corrected chi connectivity index (χ4v) is 3.47. The Morgan fingerprint density at radius 3 is 2.38 bits per heavy atom. The Morgan fingerprint density at radius 2 is 1.55 bits per heavy atom. The van der Waals surface area contributed by atoms with E-state index in [1.165, 1.54) is 5.56 Å². The number of esters is 1. The fraction of sp³-hybridized carbons (Fsp3) is 0.0800. The van der Waals surface area contributed by atoms with Crippen molar-refractivity contribution in [3.63, 3.8) is 0 Å². The molecule has 29 heavy (non-hydrogen) atoms. The second kappa shape index (κ2) is 8.93. The first-order valence-corrected chi connectivity index (χ1v) is 10.2. The van der Waals surface area contributed by atoms with E-state index in [2.05, 4.69) is 28.1 Å². The number of hydrogen-bond acceptors (Lipinski definition) is 3. The lowest BCUT2D eigenvalue weighted by Crippen LogP contribution is -2.12. The van der Waals surface area contributed by atoms with E-state index in [9.17, 15) is 4.79 Å². The molecule has 4 rings (SSSR count). The molecule has 0 spiro atoms. The number of halogens is 1. The summed E-state index contributed by atoms with van der Waals surface area (Å²) in [6.07, 6.45) is 0.760. The van der Waals surface area contributed by atoms with Gasteiger partial charge in [-0.3, -0.25) is 0 Å². The summed E-state index contributed by atoms with van der Waals surface area (Å²) in [7, 11) is 0. The maximum atomic E-state index is 12.8. The van der Waals surface area contributed by atoms with Crippen LogP contribution in [0.2, 0.25) is 0 Å². The molecule has 0 aromatic heterocycles. The van der Waals surface area contributed by atoms with Crippen LogP contribution < -0.4 is 9.47 Å². The third-order valence-electron chi connectivity index (χ3n) is 4.58. The fourth-order valence-electron chi connectivity index (χ4n) is 3.10. The molecule has 4 aromatic carbocycles. The SMILES string of the molecule is O=C(Oc1ccc2ccccc2c1)c1cc(Br)ccc1OCCc1ccccc1. The van der Waals surface area contributed by atoms with Crippen molar-refractivity contribution in [2.24, 2.45) is 0 Å². The van der Waals surface area contributed by atoms with Gasteiger partial charge in [-0.05, 0) is 46.7 Å². The quantitative estimate of drug-likeness (QED) is 0.252. The number of fused-ring (bicyclic) bond motifs is 1. The van der Waals surface area contributed by atoms with Gasteiger partial charge in [0.15, 0.2) is 0 Å². The van der Waals surface area contributed by atoms with Crippen LogP contribution in [0.5, 0.6) is 11.5 Å². The van der Waals surface area contributed by atoms with Crippen LogP contribution in [0.25, 0.3) is 10.8 Å². The average molecular weight is 447 g/mol. The van der Waals surface area contributed by atoms with Gasteiger partial charge in [-0.2, -0.15) is 0 Å². The number of ether oxygens (including phenoxy) is 2. The van der Waals surface area contributed by atoms with Crippen LogP contribution in [-0.4, -0.2) is 12.6 Å². The van der Waals surface area contributed by atoms with Gasteiger partial charge >= 0.3 is 5.97 Å². The van der Waals surface area contributed by atoms with E-state index in [1.54, 1.807) is 18.2 Å². The molecule has 0 amide bonds. The molecule has 0 unspecified atom stereocenters. The van der Waals surface area contributed by atoms with Crippen LogP contribution in [0, 0.1) is 0 Å². The minimum absolute atomic E-state index is 0.389. The Bertz CT molecular complexity index is 1140. The molecule has 0 aliphatic heterocycles. The molecule has 4 heteroatoms. The van der Waals surface area contributed by atoms with E-state index >= 15 is 0 Å². The highest BCUT2D eigenvalue weighted by Crippen LogP contribution is 2.27. The van der Waals surface area contributed by atoms with Gasteiger partial charge in [0.25, 0.3) is 0 Å². The van der Waals surface area contributed by atoms with Crippen molar-refractivity contribution < 1.29 is 14.3 Å². The summed E-state index contributed by atoms with van der Waals surface area (Å²) in [5.41, 5.74) is 1.57. The number of hydrogen-bond donors (Lipinski definition) is 0. The molecule has 0 atom stereocenters. The van der Waals surface area contributed by atoms with E-state index in [-0.39, 0.29) is 0 Å². The molecule has 0 radical (unpaired) electrons. The first kappa shape index (κ1) is 19.2. The van der Waals surface area contributed by atoms with Crippen molar-refractivity contribution in [3.8, 4) is 11.5 Å². The number of rotatable bonds is 6. The molecule has 0 saturated heterocycles. The zero-order valence-electron chi connectivity index (χ0n) is 15.7. The number of carbonyl (C=O) groups is 1. The molecule has 3 nitrogen and oxygen atoms in total. The maximum absolute atomic E-state index is 12.8.